The van der Waals surface area contributed by atoms with Crippen LogP contribution in [0.2, 0.25) is 0 Å². The topological polar surface area (TPSA) is 60.9 Å². The zero-order valence-corrected chi connectivity index (χ0v) is 13.1. The summed E-state index contributed by atoms with van der Waals surface area (Å²) in [7, 11) is -0.653. The standard InChI is InChI=1S/C13H17F2N3O3S/c1-16(2)22(20,21)18-5-3-17(4-6-18)13(19)10-7-11(14)9-12(15)8-10/h7-9H,3-6H2,1-2H3. The molecule has 0 aromatic heterocycles. The van der Waals surface area contributed by atoms with Gasteiger partial charge in [-0.1, -0.05) is 0 Å². The Hall–Kier alpha value is -1.58. The number of rotatable bonds is 3. The summed E-state index contributed by atoms with van der Waals surface area (Å²) in [5.41, 5.74) is -0.0820. The Morgan fingerprint density at radius 2 is 1.55 bits per heavy atom. The fraction of sp³-hybridized carbons (Fsp3) is 0.462. The normalized spacial score (nSPS) is 17.0. The highest BCUT2D eigenvalue weighted by molar-refractivity contribution is 7.86. The van der Waals surface area contributed by atoms with Crippen molar-refractivity contribution in [1.82, 2.24) is 13.5 Å². The predicted octanol–water partition coefficient (Wildman–Crippen LogP) is 0.529. The lowest BCUT2D eigenvalue weighted by Gasteiger charge is -2.35. The van der Waals surface area contributed by atoms with Gasteiger partial charge in [0.15, 0.2) is 0 Å². The summed E-state index contributed by atoms with van der Waals surface area (Å²) in [5.74, 6) is -2.16. The van der Waals surface area contributed by atoms with Crippen LogP contribution in [0.5, 0.6) is 0 Å². The largest absolute Gasteiger partial charge is 0.336 e. The SMILES string of the molecule is CN(C)S(=O)(=O)N1CCN(C(=O)c2cc(F)cc(F)c2)CC1. The number of benzene rings is 1. The van der Waals surface area contributed by atoms with Crippen molar-refractivity contribution in [2.24, 2.45) is 0 Å². The molecule has 1 amide bonds. The maximum absolute atomic E-state index is 13.2. The number of hydrogen-bond acceptors (Lipinski definition) is 3. The molecule has 0 bridgehead atoms. The molecule has 1 heterocycles. The second kappa shape index (κ2) is 6.27. The average molecular weight is 333 g/mol. The fourth-order valence-corrected chi connectivity index (χ4v) is 3.30. The fourth-order valence-electron chi connectivity index (χ4n) is 2.21. The van der Waals surface area contributed by atoms with Crippen LogP contribution in [-0.4, -0.2) is 68.1 Å². The molecule has 9 heteroatoms. The number of carbonyl (C=O) groups excluding carboxylic acids is 1. The first-order chi connectivity index (χ1) is 10.2. The van der Waals surface area contributed by atoms with Crippen LogP contribution in [-0.2, 0) is 10.2 Å². The minimum absolute atomic E-state index is 0.0820. The number of carbonyl (C=O) groups is 1. The Labute approximate surface area is 128 Å². The summed E-state index contributed by atoms with van der Waals surface area (Å²) in [6.45, 7) is 0.627. The Kier molecular flexibility index (Phi) is 4.78. The Balaban J connectivity index is 2.07. The Bertz CT molecular complexity index is 651. The van der Waals surface area contributed by atoms with E-state index in [9.17, 15) is 22.0 Å². The third-order valence-electron chi connectivity index (χ3n) is 3.42. The molecule has 0 saturated carbocycles. The van der Waals surface area contributed by atoms with Gasteiger partial charge < -0.3 is 4.90 Å². The summed E-state index contributed by atoms with van der Waals surface area (Å²) in [5, 5.41) is 0. The highest BCUT2D eigenvalue weighted by Gasteiger charge is 2.30. The third kappa shape index (κ3) is 3.42. The van der Waals surface area contributed by atoms with Crippen LogP contribution in [0.1, 0.15) is 10.4 Å². The van der Waals surface area contributed by atoms with Gasteiger partial charge in [-0.2, -0.15) is 17.0 Å². The first kappa shape index (κ1) is 16.8. The van der Waals surface area contributed by atoms with Gasteiger partial charge in [0.05, 0.1) is 0 Å². The van der Waals surface area contributed by atoms with Crippen LogP contribution >= 0.6 is 0 Å². The van der Waals surface area contributed by atoms with E-state index in [1.54, 1.807) is 0 Å². The van der Waals surface area contributed by atoms with E-state index >= 15 is 0 Å². The van der Waals surface area contributed by atoms with Gasteiger partial charge >= 0.3 is 0 Å². The monoisotopic (exact) mass is 333 g/mol. The zero-order valence-electron chi connectivity index (χ0n) is 12.3. The molecule has 0 aliphatic carbocycles. The first-order valence-corrected chi connectivity index (χ1v) is 8.04. The lowest BCUT2D eigenvalue weighted by atomic mass is 10.1. The second-order valence-corrected chi connectivity index (χ2v) is 7.28. The van der Waals surface area contributed by atoms with Gasteiger partial charge in [0.1, 0.15) is 11.6 Å². The van der Waals surface area contributed by atoms with Gasteiger partial charge in [-0.25, -0.2) is 8.78 Å². The molecule has 1 aliphatic heterocycles. The molecular formula is C13H17F2N3O3S. The number of hydrogen-bond donors (Lipinski definition) is 0. The van der Waals surface area contributed by atoms with Crippen molar-refractivity contribution >= 4 is 16.1 Å². The molecule has 1 aromatic carbocycles. The van der Waals surface area contributed by atoms with Gasteiger partial charge in [0, 0.05) is 51.9 Å². The number of piperazine rings is 1. The molecule has 0 atom stereocenters. The summed E-state index contributed by atoms with van der Waals surface area (Å²) < 4.78 is 52.6. The van der Waals surface area contributed by atoms with E-state index in [2.05, 4.69) is 0 Å². The molecule has 0 radical (unpaired) electrons. The van der Waals surface area contributed by atoms with Crippen LogP contribution in [0, 0.1) is 11.6 Å². The predicted molar refractivity (Wildman–Crippen MR) is 76.4 cm³/mol. The molecule has 22 heavy (non-hydrogen) atoms. The van der Waals surface area contributed by atoms with Crippen LogP contribution in [0.25, 0.3) is 0 Å². The van der Waals surface area contributed by atoms with Gasteiger partial charge in [-0.15, -0.1) is 0 Å². The molecule has 1 aliphatic rings. The Morgan fingerprint density at radius 3 is 2.00 bits per heavy atom. The van der Waals surface area contributed by atoms with Crippen molar-refractivity contribution in [3.05, 3.63) is 35.4 Å². The molecule has 2 rings (SSSR count). The molecule has 0 unspecified atom stereocenters. The van der Waals surface area contributed by atoms with Gasteiger partial charge in [-0.05, 0) is 12.1 Å². The highest BCUT2D eigenvalue weighted by Crippen LogP contribution is 2.14. The Morgan fingerprint density at radius 1 is 1.05 bits per heavy atom. The molecular weight excluding hydrogens is 316 g/mol. The van der Waals surface area contributed by atoms with Crippen molar-refractivity contribution < 1.29 is 22.0 Å². The van der Waals surface area contributed by atoms with E-state index in [1.807, 2.05) is 0 Å². The second-order valence-electron chi connectivity index (χ2n) is 5.14. The van der Waals surface area contributed by atoms with E-state index in [4.69, 9.17) is 0 Å². The van der Waals surface area contributed by atoms with Crippen molar-refractivity contribution in [2.75, 3.05) is 40.3 Å². The minimum Gasteiger partial charge on any atom is -0.336 e. The van der Waals surface area contributed by atoms with Crippen LogP contribution in [0.15, 0.2) is 18.2 Å². The van der Waals surface area contributed by atoms with E-state index in [-0.39, 0.29) is 31.7 Å². The van der Waals surface area contributed by atoms with E-state index < -0.39 is 27.8 Å². The smallest absolute Gasteiger partial charge is 0.281 e. The lowest BCUT2D eigenvalue weighted by Crippen LogP contribution is -2.53. The number of amides is 1. The molecule has 1 aromatic rings. The molecule has 1 saturated heterocycles. The molecule has 122 valence electrons. The first-order valence-electron chi connectivity index (χ1n) is 6.65. The third-order valence-corrected chi connectivity index (χ3v) is 5.36. The van der Waals surface area contributed by atoms with Crippen LogP contribution in [0.3, 0.4) is 0 Å². The van der Waals surface area contributed by atoms with Crippen molar-refractivity contribution in [3.8, 4) is 0 Å². The minimum atomic E-state index is -3.52. The lowest BCUT2D eigenvalue weighted by molar-refractivity contribution is 0.0694. The van der Waals surface area contributed by atoms with E-state index in [0.29, 0.717) is 6.07 Å². The summed E-state index contributed by atoms with van der Waals surface area (Å²) in [6.07, 6.45) is 0. The van der Waals surface area contributed by atoms with Crippen molar-refractivity contribution in [1.29, 1.82) is 0 Å². The number of nitrogens with zero attached hydrogens (tertiary/aromatic N) is 3. The zero-order chi connectivity index (χ0) is 16.5. The van der Waals surface area contributed by atoms with Gasteiger partial charge in [0.2, 0.25) is 0 Å². The average Bonchev–Trinajstić information content (AvgIpc) is 2.45. The quantitative estimate of drug-likeness (QED) is 0.811. The molecule has 6 nitrogen and oxygen atoms in total. The van der Waals surface area contributed by atoms with Crippen LogP contribution < -0.4 is 0 Å². The maximum Gasteiger partial charge on any atom is 0.281 e. The highest BCUT2D eigenvalue weighted by atomic mass is 32.2. The van der Waals surface area contributed by atoms with Crippen molar-refractivity contribution in [3.63, 3.8) is 0 Å². The molecule has 0 spiro atoms. The van der Waals surface area contributed by atoms with Crippen LogP contribution in [0.4, 0.5) is 8.78 Å². The molecule has 1 fully saturated rings. The summed E-state index contributed by atoms with van der Waals surface area (Å²) in [6, 6.07) is 2.63. The van der Waals surface area contributed by atoms with Gasteiger partial charge in [-0.3, -0.25) is 4.79 Å². The van der Waals surface area contributed by atoms with Crippen molar-refractivity contribution in [2.45, 2.75) is 0 Å². The summed E-state index contributed by atoms with van der Waals surface area (Å²) in [4.78, 5) is 13.6. The van der Waals surface area contributed by atoms with Gasteiger partial charge in [0.25, 0.3) is 16.1 Å². The summed E-state index contributed by atoms with van der Waals surface area (Å²) >= 11 is 0. The van der Waals surface area contributed by atoms with E-state index in [1.165, 1.54) is 23.3 Å². The molecule has 0 N–H and O–H groups in total. The maximum atomic E-state index is 13.2. The number of halogens is 2. The van der Waals surface area contributed by atoms with E-state index in [0.717, 1.165) is 16.4 Å².